The zero-order valence-corrected chi connectivity index (χ0v) is 18.3. The van der Waals surface area contributed by atoms with Crippen LogP contribution in [0.1, 0.15) is 37.4 Å². The van der Waals surface area contributed by atoms with E-state index in [4.69, 9.17) is 9.90 Å². The number of alkyl halides is 3. The Morgan fingerprint density at radius 2 is 1.88 bits per heavy atom. The van der Waals surface area contributed by atoms with E-state index in [1.165, 1.54) is 14.1 Å². The summed E-state index contributed by atoms with van der Waals surface area (Å²) in [6.07, 6.45) is -1.45. The lowest BCUT2D eigenvalue weighted by Gasteiger charge is -2.28. The van der Waals surface area contributed by atoms with Crippen molar-refractivity contribution < 1.29 is 36.3 Å². The lowest BCUT2D eigenvalue weighted by atomic mass is 9.85. The van der Waals surface area contributed by atoms with Gasteiger partial charge in [-0.2, -0.15) is 13.2 Å². The number of imidazole rings is 1. The molecule has 3 N–H and O–H groups in total. The summed E-state index contributed by atoms with van der Waals surface area (Å²) in [6, 6.07) is 7.89. The number of para-hydroxylation sites is 2. The van der Waals surface area contributed by atoms with E-state index in [-0.39, 0.29) is 12.0 Å². The van der Waals surface area contributed by atoms with Crippen LogP contribution in [0.15, 0.2) is 24.3 Å². The summed E-state index contributed by atoms with van der Waals surface area (Å²) in [6.45, 7) is 0. The van der Waals surface area contributed by atoms with Gasteiger partial charge in [-0.1, -0.05) is 18.6 Å². The van der Waals surface area contributed by atoms with Crippen LogP contribution in [0.5, 0.6) is 0 Å². The number of H-pyrrole nitrogens is 1. The van der Waals surface area contributed by atoms with Gasteiger partial charge in [0.1, 0.15) is 11.6 Å². The summed E-state index contributed by atoms with van der Waals surface area (Å²) in [5.41, 5.74) is 1.96. The van der Waals surface area contributed by atoms with Gasteiger partial charge >= 0.3 is 12.1 Å². The number of hydrogen-bond donors (Lipinski definition) is 3. The van der Waals surface area contributed by atoms with Crippen LogP contribution in [0.4, 0.5) is 13.2 Å². The molecule has 32 heavy (non-hydrogen) atoms. The number of nitrogens with zero attached hydrogens (tertiary/aromatic N) is 2. The van der Waals surface area contributed by atoms with Gasteiger partial charge in [-0.15, -0.1) is 0 Å². The Kier molecular flexibility index (Phi) is 8.24. The number of nitrogens with one attached hydrogen (secondary N) is 2. The van der Waals surface area contributed by atoms with Gasteiger partial charge in [0.05, 0.1) is 11.0 Å². The molecule has 2 atom stereocenters. The number of sulfonamides is 1. The van der Waals surface area contributed by atoms with E-state index in [9.17, 15) is 26.4 Å². The maximum Gasteiger partial charge on any atom is 0.490 e. The van der Waals surface area contributed by atoms with Crippen LogP contribution in [-0.2, 0) is 19.6 Å². The molecule has 1 heterocycles. The summed E-state index contributed by atoms with van der Waals surface area (Å²) in [5, 5.41) is 10.0. The number of carboxylic acid groups (broad SMARTS) is 1. The number of carbonyl (C=O) groups excluding carboxylic acids is 1. The molecule has 178 valence electrons. The molecule has 1 aliphatic carbocycles. The quantitative estimate of drug-likeness (QED) is 0.604. The first-order valence-electron chi connectivity index (χ1n) is 9.74. The van der Waals surface area contributed by atoms with Crippen LogP contribution in [0.3, 0.4) is 0 Å². The Bertz CT molecular complexity index is 1020. The van der Waals surface area contributed by atoms with Crippen LogP contribution in [0.2, 0.25) is 0 Å². The summed E-state index contributed by atoms with van der Waals surface area (Å²) in [4.78, 5) is 29.0. The van der Waals surface area contributed by atoms with Crippen molar-refractivity contribution in [2.24, 2.45) is 0 Å². The summed E-state index contributed by atoms with van der Waals surface area (Å²) < 4.78 is 56.4. The zero-order chi connectivity index (χ0) is 24.1. The second-order valence-electron chi connectivity index (χ2n) is 7.61. The number of fused-ring (bicyclic) bond motifs is 1. The van der Waals surface area contributed by atoms with Gasteiger partial charge in [-0.05, 0) is 31.4 Å². The molecule has 13 heteroatoms. The van der Waals surface area contributed by atoms with Crippen LogP contribution in [0, 0.1) is 0 Å². The lowest BCUT2D eigenvalue weighted by Crippen LogP contribution is -2.42. The van der Waals surface area contributed by atoms with Crippen molar-refractivity contribution in [3.63, 3.8) is 0 Å². The van der Waals surface area contributed by atoms with Gasteiger partial charge in [-0.25, -0.2) is 22.5 Å². The van der Waals surface area contributed by atoms with Crippen LogP contribution in [0.25, 0.3) is 11.0 Å². The maximum absolute atomic E-state index is 12.1. The molecule has 1 aliphatic rings. The minimum absolute atomic E-state index is 0.0168. The molecule has 1 saturated carbocycles. The topological polar surface area (TPSA) is 132 Å². The number of benzene rings is 1. The normalized spacial score (nSPS) is 19.3. The molecule has 0 bridgehead atoms. The van der Waals surface area contributed by atoms with E-state index >= 15 is 0 Å². The predicted octanol–water partition coefficient (Wildman–Crippen LogP) is 2.23. The van der Waals surface area contributed by atoms with E-state index in [1.807, 2.05) is 24.3 Å². The van der Waals surface area contributed by atoms with Crippen LogP contribution < -0.4 is 5.32 Å². The molecule has 9 nitrogen and oxygen atoms in total. The van der Waals surface area contributed by atoms with E-state index in [0.717, 1.165) is 46.8 Å². The van der Waals surface area contributed by atoms with Gasteiger partial charge in [0.15, 0.2) is 0 Å². The summed E-state index contributed by atoms with van der Waals surface area (Å²) in [7, 11) is -0.666. The maximum atomic E-state index is 12.1. The standard InChI is InChI=1S/C17H24N4O3S.C2HF3O2/c1-21(2)25(23,24)11-16(22)18-13-7-5-6-12(10-13)17-19-14-8-3-4-9-15(14)20-17;3-2(4,5)1(6)7/h3-4,8-9,12-13H,5-7,10-11H2,1-2H3,(H,18,22)(H,19,20);(H,6,7). The van der Waals surface area contributed by atoms with E-state index < -0.39 is 33.8 Å². The minimum Gasteiger partial charge on any atom is -0.475 e. The lowest BCUT2D eigenvalue weighted by molar-refractivity contribution is -0.192. The molecule has 2 unspecified atom stereocenters. The van der Waals surface area contributed by atoms with Gasteiger partial charge in [0.2, 0.25) is 15.9 Å². The molecule has 1 fully saturated rings. The Morgan fingerprint density at radius 1 is 1.25 bits per heavy atom. The van der Waals surface area contributed by atoms with Crippen LogP contribution in [-0.4, -0.2) is 71.7 Å². The highest BCUT2D eigenvalue weighted by molar-refractivity contribution is 7.89. The largest absolute Gasteiger partial charge is 0.490 e. The molecule has 0 saturated heterocycles. The third-order valence-electron chi connectivity index (χ3n) is 4.95. The fraction of sp³-hybridized carbons (Fsp3) is 0.526. The van der Waals surface area contributed by atoms with E-state index in [1.54, 1.807) is 0 Å². The van der Waals surface area contributed by atoms with Gasteiger partial charge in [-0.3, -0.25) is 4.79 Å². The van der Waals surface area contributed by atoms with Crippen molar-refractivity contribution in [3.8, 4) is 0 Å². The Labute approximate surface area is 183 Å². The highest BCUT2D eigenvalue weighted by Gasteiger charge is 2.38. The summed E-state index contributed by atoms with van der Waals surface area (Å²) in [5.74, 6) is -2.51. The second kappa shape index (κ2) is 10.3. The van der Waals surface area contributed by atoms with E-state index in [0.29, 0.717) is 0 Å². The fourth-order valence-electron chi connectivity index (χ4n) is 3.30. The predicted molar refractivity (Wildman–Crippen MR) is 110 cm³/mol. The first kappa shape index (κ1) is 25.6. The van der Waals surface area contributed by atoms with Crippen LogP contribution >= 0.6 is 0 Å². The minimum atomic E-state index is -5.08. The SMILES string of the molecule is CN(C)S(=O)(=O)CC(=O)NC1CCCC(c2nc3ccccc3[nH]2)C1.O=C(O)C(F)(F)F. The molecular formula is C19H25F3N4O5S. The molecular weight excluding hydrogens is 453 g/mol. The number of hydrogen-bond acceptors (Lipinski definition) is 5. The number of rotatable bonds is 5. The second-order valence-corrected chi connectivity index (χ2v) is 9.79. The number of aromatic amines is 1. The van der Waals surface area contributed by atoms with Gasteiger partial charge in [0.25, 0.3) is 0 Å². The number of carboxylic acids is 1. The average molecular weight is 478 g/mol. The monoisotopic (exact) mass is 478 g/mol. The van der Waals surface area contributed by atoms with Crippen molar-refractivity contribution >= 4 is 32.9 Å². The van der Waals surface area contributed by atoms with Crippen molar-refractivity contribution in [1.82, 2.24) is 19.6 Å². The number of carbonyl (C=O) groups is 2. The fourth-order valence-corrected chi connectivity index (χ4v) is 3.97. The molecule has 0 spiro atoms. The molecule has 2 aromatic rings. The molecule has 1 aromatic carbocycles. The summed E-state index contributed by atoms with van der Waals surface area (Å²) >= 11 is 0. The molecule has 0 aliphatic heterocycles. The smallest absolute Gasteiger partial charge is 0.475 e. The molecule has 3 rings (SSSR count). The Morgan fingerprint density at radius 3 is 2.44 bits per heavy atom. The van der Waals surface area contributed by atoms with E-state index in [2.05, 4.69) is 15.3 Å². The van der Waals surface area contributed by atoms with Crippen molar-refractivity contribution in [1.29, 1.82) is 0 Å². The van der Waals surface area contributed by atoms with Gasteiger partial charge in [0, 0.05) is 26.1 Å². The third-order valence-corrected chi connectivity index (χ3v) is 6.69. The first-order valence-corrected chi connectivity index (χ1v) is 11.3. The molecule has 0 radical (unpaired) electrons. The van der Waals surface area contributed by atoms with Crippen molar-refractivity contribution in [2.45, 2.75) is 43.8 Å². The molecule has 1 aromatic heterocycles. The van der Waals surface area contributed by atoms with Crippen molar-refractivity contribution in [2.75, 3.05) is 19.8 Å². The molecule has 1 amide bonds. The third kappa shape index (κ3) is 7.19. The number of aromatic nitrogens is 2. The number of amides is 1. The highest BCUT2D eigenvalue weighted by Crippen LogP contribution is 2.32. The highest BCUT2D eigenvalue weighted by atomic mass is 32.2. The van der Waals surface area contributed by atoms with Gasteiger partial charge < -0.3 is 15.4 Å². The number of halogens is 3. The zero-order valence-electron chi connectivity index (χ0n) is 17.5. The average Bonchev–Trinajstić information content (AvgIpc) is 3.11. The number of aliphatic carboxylic acids is 1. The Balaban J connectivity index is 0.000000451. The Hall–Kier alpha value is -2.67. The first-order chi connectivity index (χ1) is 14.8. The van der Waals surface area contributed by atoms with Crippen molar-refractivity contribution in [3.05, 3.63) is 30.1 Å².